The van der Waals surface area contributed by atoms with E-state index in [2.05, 4.69) is 4.72 Å². The lowest BCUT2D eigenvalue weighted by Gasteiger charge is -2.23. The highest BCUT2D eigenvalue weighted by Crippen LogP contribution is 2.02. The number of carbonyl (C=O) groups is 1. The fraction of sp³-hybridized carbons (Fsp3) is 0.875. The minimum absolute atomic E-state index is 0.729. The molecule has 8 heteroatoms. The Kier molecular flexibility index (Phi) is 4.86. The van der Waals surface area contributed by atoms with Crippen molar-refractivity contribution >= 4 is 16.2 Å². The van der Waals surface area contributed by atoms with E-state index in [0.717, 1.165) is 0 Å². The van der Waals surface area contributed by atoms with Crippen LogP contribution in [0.3, 0.4) is 0 Å². The van der Waals surface area contributed by atoms with Gasteiger partial charge >= 0.3 is 5.97 Å². The van der Waals surface area contributed by atoms with Crippen LogP contribution in [-0.4, -0.2) is 42.3 Å². The van der Waals surface area contributed by atoms with Crippen molar-refractivity contribution in [1.82, 2.24) is 9.44 Å². The SMILES string of the molecule is C[C@@H](O)[C@H](NS(=O)(=O)NC(C)(C)C)C(=O)O. The standard InChI is InChI=1S/C8H18N2O5S/c1-5(11)6(7(12)13)9-16(14,15)10-8(2,3)4/h5-6,9-11H,1-4H3,(H,12,13)/t5-,6+/m1/s1. The smallest absolute Gasteiger partial charge is 0.324 e. The highest BCUT2D eigenvalue weighted by Gasteiger charge is 2.30. The van der Waals surface area contributed by atoms with Crippen LogP contribution in [0.4, 0.5) is 0 Å². The molecule has 0 heterocycles. The van der Waals surface area contributed by atoms with Crippen LogP contribution in [0.1, 0.15) is 27.7 Å². The number of nitrogens with one attached hydrogen (secondary N) is 2. The molecule has 0 aromatic rings. The van der Waals surface area contributed by atoms with Crippen molar-refractivity contribution < 1.29 is 23.4 Å². The monoisotopic (exact) mass is 254 g/mol. The molecule has 7 nitrogen and oxygen atoms in total. The van der Waals surface area contributed by atoms with E-state index in [4.69, 9.17) is 10.2 Å². The normalized spacial score (nSPS) is 16.8. The van der Waals surface area contributed by atoms with Crippen molar-refractivity contribution in [2.24, 2.45) is 0 Å². The maximum absolute atomic E-state index is 11.5. The Morgan fingerprint density at radius 1 is 1.31 bits per heavy atom. The Bertz CT molecular complexity index is 344. The van der Waals surface area contributed by atoms with Crippen LogP contribution in [-0.2, 0) is 15.0 Å². The van der Waals surface area contributed by atoms with Crippen molar-refractivity contribution in [2.45, 2.75) is 45.4 Å². The molecule has 0 aromatic heterocycles. The molecular weight excluding hydrogens is 236 g/mol. The van der Waals surface area contributed by atoms with E-state index < -0.39 is 33.9 Å². The van der Waals surface area contributed by atoms with Gasteiger partial charge < -0.3 is 10.2 Å². The van der Waals surface area contributed by atoms with E-state index in [1.807, 2.05) is 4.72 Å². The van der Waals surface area contributed by atoms with Crippen molar-refractivity contribution in [3.05, 3.63) is 0 Å². The number of aliphatic hydroxyl groups excluding tert-OH is 1. The van der Waals surface area contributed by atoms with E-state index in [1.165, 1.54) is 6.92 Å². The van der Waals surface area contributed by atoms with Gasteiger partial charge in [-0.3, -0.25) is 4.79 Å². The fourth-order valence-corrected chi connectivity index (χ4v) is 2.45. The third-order valence-corrected chi connectivity index (χ3v) is 2.92. The van der Waals surface area contributed by atoms with Crippen molar-refractivity contribution in [3.63, 3.8) is 0 Å². The second-order valence-corrected chi connectivity index (χ2v) is 5.98. The summed E-state index contributed by atoms with van der Waals surface area (Å²) in [5.41, 5.74) is -0.729. The minimum atomic E-state index is -3.97. The van der Waals surface area contributed by atoms with Crippen molar-refractivity contribution in [1.29, 1.82) is 0 Å². The number of hydrogen-bond donors (Lipinski definition) is 4. The van der Waals surface area contributed by atoms with Gasteiger partial charge in [-0.25, -0.2) is 0 Å². The van der Waals surface area contributed by atoms with Crippen LogP contribution >= 0.6 is 0 Å². The lowest BCUT2D eigenvalue weighted by atomic mass is 10.1. The Labute approximate surface area is 95.0 Å². The summed E-state index contributed by atoms with van der Waals surface area (Å²) in [4.78, 5) is 10.7. The van der Waals surface area contributed by atoms with Crippen LogP contribution < -0.4 is 9.44 Å². The maximum Gasteiger partial charge on any atom is 0.324 e. The fourth-order valence-electron chi connectivity index (χ4n) is 0.955. The molecule has 2 atom stereocenters. The van der Waals surface area contributed by atoms with Crippen LogP contribution in [0.2, 0.25) is 0 Å². The molecule has 0 amide bonds. The molecule has 0 aliphatic rings. The van der Waals surface area contributed by atoms with Gasteiger partial charge in [-0.05, 0) is 27.7 Å². The average Bonchev–Trinajstić information content (AvgIpc) is 1.94. The molecule has 0 saturated carbocycles. The van der Waals surface area contributed by atoms with Gasteiger partial charge in [0, 0.05) is 5.54 Å². The first kappa shape index (κ1) is 15.3. The van der Waals surface area contributed by atoms with Gasteiger partial charge in [0.15, 0.2) is 0 Å². The van der Waals surface area contributed by atoms with Crippen molar-refractivity contribution in [3.8, 4) is 0 Å². The van der Waals surface area contributed by atoms with Gasteiger partial charge in [-0.1, -0.05) is 0 Å². The first-order valence-electron chi connectivity index (χ1n) is 4.67. The second-order valence-electron chi connectivity index (χ2n) is 4.53. The molecule has 0 bridgehead atoms. The van der Waals surface area contributed by atoms with E-state index in [0.29, 0.717) is 0 Å². The molecule has 0 fully saturated rings. The predicted molar refractivity (Wildman–Crippen MR) is 58.0 cm³/mol. The average molecular weight is 254 g/mol. The van der Waals surface area contributed by atoms with Crippen LogP contribution in [0, 0.1) is 0 Å². The molecule has 0 aliphatic heterocycles. The van der Waals surface area contributed by atoms with Gasteiger partial charge in [0.2, 0.25) is 0 Å². The minimum Gasteiger partial charge on any atom is -0.480 e. The van der Waals surface area contributed by atoms with E-state index >= 15 is 0 Å². The zero-order chi connectivity index (χ0) is 13.1. The molecule has 0 aliphatic carbocycles. The summed E-state index contributed by atoms with van der Waals surface area (Å²) >= 11 is 0. The third-order valence-electron chi connectivity index (χ3n) is 1.47. The van der Waals surface area contributed by atoms with E-state index in [-0.39, 0.29) is 0 Å². The second kappa shape index (κ2) is 5.09. The lowest BCUT2D eigenvalue weighted by molar-refractivity contribution is -0.141. The van der Waals surface area contributed by atoms with Gasteiger partial charge in [-0.15, -0.1) is 0 Å². The van der Waals surface area contributed by atoms with Crippen molar-refractivity contribution in [2.75, 3.05) is 0 Å². The van der Waals surface area contributed by atoms with Gasteiger partial charge in [0.1, 0.15) is 6.04 Å². The van der Waals surface area contributed by atoms with Crippen LogP contribution in [0.15, 0.2) is 0 Å². The zero-order valence-corrected chi connectivity index (χ0v) is 10.5. The number of aliphatic carboxylic acids is 1. The van der Waals surface area contributed by atoms with Crippen LogP contribution in [0.25, 0.3) is 0 Å². The topological polar surface area (TPSA) is 116 Å². The highest BCUT2D eigenvalue weighted by atomic mass is 32.2. The first-order valence-corrected chi connectivity index (χ1v) is 6.15. The summed E-state index contributed by atoms with van der Waals surface area (Å²) in [6.07, 6.45) is -1.32. The third kappa shape index (κ3) is 6.01. The van der Waals surface area contributed by atoms with Crippen LogP contribution in [0.5, 0.6) is 0 Å². The lowest BCUT2D eigenvalue weighted by Crippen LogP contribution is -2.54. The Morgan fingerprint density at radius 3 is 2.00 bits per heavy atom. The highest BCUT2D eigenvalue weighted by molar-refractivity contribution is 7.87. The molecule has 0 spiro atoms. The first-order chi connectivity index (χ1) is 6.94. The van der Waals surface area contributed by atoms with Gasteiger partial charge in [0.25, 0.3) is 10.2 Å². The largest absolute Gasteiger partial charge is 0.480 e. The zero-order valence-electron chi connectivity index (χ0n) is 9.68. The van der Waals surface area contributed by atoms with E-state index in [9.17, 15) is 13.2 Å². The predicted octanol–water partition coefficient (Wildman–Crippen LogP) is -0.957. The molecule has 0 saturated heterocycles. The Balaban J connectivity index is 4.75. The number of carboxylic acid groups (broad SMARTS) is 1. The molecular formula is C8H18N2O5S. The summed E-state index contributed by atoms with van der Waals surface area (Å²) in [6.45, 7) is 6.04. The number of hydrogen-bond acceptors (Lipinski definition) is 4. The summed E-state index contributed by atoms with van der Waals surface area (Å²) in [5.74, 6) is -1.44. The molecule has 0 aromatic carbocycles. The van der Waals surface area contributed by atoms with Gasteiger partial charge in [0.05, 0.1) is 6.10 Å². The summed E-state index contributed by atoms with van der Waals surface area (Å²) in [6, 6.07) is -1.57. The number of rotatable bonds is 5. The summed E-state index contributed by atoms with van der Waals surface area (Å²) in [7, 11) is -3.97. The summed E-state index contributed by atoms with van der Waals surface area (Å²) < 4.78 is 27.0. The molecule has 0 radical (unpaired) electrons. The quantitative estimate of drug-likeness (QED) is 0.504. The van der Waals surface area contributed by atoms with Gasteiger partial charge in [-0.2, -0.15) is 17.9 Å². The molecule has 0 unspecified atom stereocenters. The Morgan fingerprint density at radius 2 is 1.75 bits per heavy atom. The number of carboxylic acids is 1. The molecule has 0 rings (SSSR count). The molecule has 4 N–H and O–H groups in total. The van der Waals surface area contributed by atoms with E-state index in [1.54, 1.807) is 20.8 Å². The molecule has 96 valence electrons. The summed E-state index contributed by atoms with van der Waals surface area (Å²) in [5, 5.41) is 17.8. The molecule has 16 heavy (non-hydrogen) atoms. The number of aliphatic hydroxyl groups is 1. The Hall–Kier alpha value is -0.700. The maximum atomic E-state index is 11.5.